The molecule has 0 saturated heterocycles. The van der Waals surface area contributed by atoms with E-state index in [1.807, 2.05) is 0 Å². The summed E-state index contributed by atoms with van der Waals surface area (Å²) in [5.41, 5.74) is 0.864. The number of nitrogens with zero attached hydrogens (tertiary/aromatic N) is 2. The van der Waals surface area contributed by atoms with Gasteiger partial charge in [-0.1, -0.05) is 4.47 Å². The van der Waals surface area contributed by atoms with Crippen LogP contribution < -0.4 is 5.32 Å². The third-order valence-electron chi connectivity index (χ3n) is 3.69. The van der Waals surface area contributed by atoms with E-state index in [1.54, 1.807) is 38.4 Å². The largest absolute Gasteiger partial charge is 0.339 e. The molecule has 10 heteroatoms. The van der Waals surface area contributed by atoms with Crippen molar-refractivity contribution >= 4 is 38.6 Å². The molecule has 0 aromatic heterocycles. The van der Waals surface area contributed by atoms with Crippen LogP contribution in [-0.2, 0) is 14.9 Å². The van der Waals surface area contributed by atoms with Gasteiger partial charge in [0, 0.05) is 37.3 Å². The van der Waals surface area contributed by atoms with Crippen molar-refractivity contribution < 1.29 is 22.8 Å². The second-order valence-corrected chi connectivity index (χ2v) is 8.82. The topological polar surface area (TPSA) is 96.0 Å². The van der Waals surface area contributed by atoms with E-state index in [0.29, 0.717) is 11.3 Å². The molecule has 2 aromatic carbocycles. The highest BCUT2D eigenvalue weighted by atomic mass is 32.2. The summed E-state index contributed by atoms with van der Waals surface area (Å²) in [4.78, 5) is 31.0. The Bertz CT molecular complexity index is 942. The Morgan fingerprint density at radius 2 is 1.54 bits per heavy atom. The molecule has 0 atom stereocenters. The van der Waals surface area contributed by atoms with Crippen LogP contribution >= 0.6 is 11.8 Å². The van der Waals surface area contributed by atoms with Crippen LogP contribution in [0.3, 0.4) is 0 Å². The molecule has 2 rings (SSSR count). The maximum absolute atomic E-state index is 12.4. The maximum atomic E-state index is 12.4. The first-order valence-corrected chi connectivity index (χ1v) is 10.3. The number of hydrogen-bond donors (Lipinski definition) is 1. The average Bonchev–Trinajstić information content (AvgIpc) is 2.68. The molecular weight excluding hydrogens is 402 g/mol. The highest BCUT2D eigenvalue weighted by Crippen LogP contribution is 2.23. The van der Waals surface area contributed by atoms with Crippen LogP contribution in [0.2, 0.25) is 0 Å². The molecule has 28 heavy (non-hydrogen) atoms. The summed E-state index contributed by atoms with van der Waals surface area (Å²) in [6.45, 7) is 0. The lowest BCUT2D eigenvalue weighted by Crippen LogP contribution is -2.25. The minimum absolute atomic E-state index is 0.0142. The summed E-state index contributed by atoms with van der Waals surface area (Å²) in [5, 5.41) is 2.63. The van der Waals surface area contributed by atoms with Crippen molar-refractivity contribution in [2.75, 3.05) is 33.6 Å². The Morgan fingerprint density at radius 3 is 2.04 bits per heavy atom. The molecule has 0 aliphatic heterocycles. The molecule has 2 amide bonds. The molecule has 0 fully saturated rings. The lowest BCUT2D eigenvalue weighted by atomic mass is 10.2. The third-order valence-corrected chi connectivity index (χ3v) is 6.43. The fourth-order valence-corrected chi connectivity index (χ4v) is 3.66. The zero-order chi connectivity index (χ0) is 20.9. The van der Waals surface area contributed by atoms with Crippen LogP contribution in [0.5, 0.6) is 0 Å². The van der Waals surface area contributed by atoms with Gasteiger partial charge in [-0.2, -0.15) is 0 Å². The van der Waals surface area contributed by atoms with E-state index in [0.717, 1.165) is 21.1 Å². The first kappa shape index (κ1) is 21.9. The molecule has 2 aromatic rings. The second-order valence-electron chi connectivity index (χ2n) is 5.86. The molecule has 0 spiro atoms. The first-order valence-electron chi connectivity index (χ1n) is 8.09. The van der Waals surface area contributed by atoms with E-state index in [4.69, 9.17) is 4.84 Å². The Hall–Kier alpha value is -2.40. The number of thioether (sulfide) groups is 1. The Balaban J connectivity index is 2.06. The molecule has 0 radical (unpaired) electrons. The van der Waals surface area contributed by atoms with Gasteiger partial charge < -0.3 is 10.2 Å². The molecule has 0 unspecified atom stereocenters. The Morgan fingerprint density at radius 1 is 0.964 bits per heavy atom. The highest BCUT2D eigenvalue weighted by Gasteiger charge is 2.21. The number of benzene rings is 2. The zero-order valence-electron chi connectivity index (χ0n) is 15.9. The van der Waals surface area contributed by atoms with Crippen LogP contribution in [0.1, 0.15) is 10.4 Å². The number of anilines is 1. The third kappa shape index (κ3) is 5.32. The summed E-state index contributed by atoms with van der Waals surface area (Å²) in [6, 6.07) is 12.4. The van der Waals surface area contributed by atoms with Gasteiger partial charge in [-0.15, -0.1) is 0 Å². The minimum atomic E-state index is -3.77. The quantitative estimate of drug-likeness (QED) is 0.567. The molecule has 0 aliphatic rings. The number of nitrogens with one attached hydrogen (secondary N) is 1. The van der Waals surface area contributed by atoms with Crippen molar-refractivity contribution in [1.29, 1.82) is 0 Å². The molecular formula is C18H21N3O5S2. The Kier molecular flexibility index (Phi) is 7.19. The zero-order valence-corrected chi connectivity index (χ0v) is 17.5. The van der Waals surface area contributed by atoms with Crippen molar-refractivity contribution in [3.05, 3.63) is 54.1 Å². The van der Waals surface area contributed by atoms with E-state index in [-0.39, 0.29) is 16.0 Å². The second kappa shape index (κ2) is 9.20. The van der Waals surface area contributed by atoms with Crippen molar-refractivity contribution in [3.8, 4) is 0 Å². The van der Waals surface area contributed by atoms with Crippen LogP contribution in [0.25, 0.3) is 0 Å². The molecule has 0 heterocycles. The summed E-state index contributed by atoms with van der Waals surface area (Å²) in [5.74, 6) is -0.381. The van der Waals surface area contributed by atoms with Crippen molar-refractivity contribution in [3.63, 3.8) is 0 Å². The number of rotatable bonds is 6. The predicted molar refractivity (Wildman–Crippen MR) is 108 cm³/mol. The van der Waals surface area contributed by atoms with Gasteiger partial charge in [-0.3, -0.25) is 14.4 Å². The van der Waals surface area contributed by atoms with Crippen LogP contribution in [0.4, 0.5) is 10.5 Å². The highest BCUT2D eigenvalue weighted by molar-refractivity contribution is 8.13. The number of hydrogen-bond acceptors (Lipinski definition) is 6. The number of carbonyl (C=O) groups excluding carboxylic acids is 2. The van der Waals surface area contributed by atoms with E-state index < -0.39 is 10.0 Å². The van der Waals surface area contributed by atoms with Crippen molar-refractivity contribution in [2.45, 2.75) is 9.79 Å². The van der Waals surface area contributed by atoms with Gasteiger partial charge in [0.2, 0.25) is 0 Å². The standard InChI is InChI=1S/C18H21N3O5S2/c1-20(2)18(23)27-15-9-7-14(8-10-15)19-17(22)13-5-11-16(12-6-13)28(24,25)21(3)26-4/h5-12H,1-4H3,(H,19,22). The molecule has 0 bridgehead atoms. The molecule has 0 aliphatic carbocycles. The fraction of sp³-hybridized carbons (Fsp3) is 0.222. The van der Waals surface area contributed by atoms with Gasteiger partial charge in [-0.25, -0.2) is 8.42 Å². The monoisotopic (exact) mass is 423 g/mol. The lowest BCUT2D eigenvalue weighted by molar-refractivity contribution is -0.0258. The van der Waals surface area contributed by atoms with Gasteiger partial charge in [0.25, 0.3) is 21.2 Å². The number of hydroxylamine groups is 1. The SMILES string of the molecule is CON(C)S(=O)(=O)c1ccc(C(=O)Nc2ccc(SC(=O)N(C)C)cc2)cc1. The normalized spacial score (nSPS) is 11.3. The van der Waals surface area contributed by atoms with E-state index >= 15 is 0 Å². The van der Waals surface area contributed by atoms with Crippen LogP contribution in [-0.4, -0.2) is 57.2 Å². The van der Waals surface area contributed by atoms with Gasteiger partial charge in [0.05, 0.1) is 12.0 Å². The molecule has 1 N–H and O–H groups in total. The summed E-state index contributed by atoms with van der Waals surface area (Å²) in [6.07, 6.45) is 0. The van der Waals surface area contributed by atoms with Gasteiger partial charge in [-0.05, 0) is 60.3 Å². The summed E-state index contributed by atoms with van der Waals surface area (Å²) < 4.78 is 25.1. The molecule has 8 nitrogen and oxygen atoms in total. The van der Waals surface area contributed by atoms with E-state index in [2.05, 4.69) is 5.32 Å². The van der Waals surface area contributed by atoms with Crippen LogP contribution in [0, 0.1) is 0 Å². The van der Waals surface area contributed by atoms with Crippen molar-refractivity contribution in [1.82, 2.24) is 9.37 Å². The summed E-state index contributed by atoms with van der Waals surface area (Å²) in [7, 11) is 2.11. The minimum Gasteiger partial charge on any atom is -0.339 e. The van der Waals surface area contributed by atoms with Crippen LogP contribution in [0.15, 0.2) is 58.3 Å². The number of sulfonamides is 1. The van der Waals surface area contributed by atoms with Gasteiger partial charge in [0.1, 0.15) is 0 Å². The average molecular weight is 424 g/mol. The maximum Gasteiger partial charge on any atom is 0.285 e. The first-order chi connectivity index (χ1) is 13.1. The number of amides is 2. The lowest BCUT2D eigenvalue weighted by Gasteiger charge is -2.14. The smallest absolute Gasteiger partial charge is 0.285 e. The molecule has 0 saturated carbocycles. The predicted octanol–water partition coefficient (Wildman–Crippen LogP) is 2.89. The van der Waals surface area contributed by atoms with E-state index in [9.17, 15) is 18.0 Å². The van der Waals surface area contributed by atoms with Gasteiger partial charge >= 0.3 is 0 Å². The Labute approximate surface area is 168 Å². The van der Waals surface area contributed by atoms with E-state index in [1.165, 1.54) is 43.3 Å². The fourth-order valence-electron chi connectivity index (χ4n) is 2.03. The molecule has 150 valence electrons. The summed E-state index contributed by atoms with van der Waals surface area (Å²) >= 11 is 1.09. The van der Waals surface area contributed by atoms with Crippen molar-refractivity contribution in [2.24, 2.45) is 0 Å². The number of carbonyl (C=O) groups is 2. The van der Waals surface area contributed by atoms with Gasteiger partial charge in [0.15, 0.2) is 0 Å².